The van der Waals surface area contributed by atoms with Gasteiger partial charge in [-0.3, -0.25) is 4.79 Å². The lowest BCUT2D eigenvalue weighted by atomic mass is 10.1. The Morgan fingerprint density at radius 1 is 1.24 bits per heavy atom. The molecular formula is C17H25N3O. The number of rotatable bonds is 8. The van der Waals surface area contributed by atoms with Gasteiger partial charge in [0.25, 0.3) is 0 Å². The summed E-state index contributed by atoms with van der Waals surface area (Å²) in [6.07, 6.45) is 4.45. The van der Waals surface area contributed by atoms with Gasteiger partial charge in [-0.25, -0.2) is 0 Å². The highest BCUT2D eigenvalue weighted by Crippen LogP contribution is 2.19. The van der Waals surface area contributed by atoms with E-state index in [1.165, 1.54) is 10.9 Å². The third kappa shape index (κ3) is 4.90. The lowest BCUT2D eigenvalue weighted by Gasteiger charge is -2.09. The van der Waals surface area contributed by atoms with E-state index in [0.717, 1.165) is 24.9 Å². The highest BCUT2D eigenvalue weighted by molar-refractivity contribution is 5.83. The Morgan fingerprint density at radius 3 is 2.86 bits per heavy atom. The maximum atomic E-state index is 11.7. The zero-order valence-electron chi connectivity index (χ0n) is 12.9. The molecule has 1 aromatic carbocycles. The Morgan fingerprint density at radius 2 is 2.05 bits per heavy atom. The van der Waals surface area contributed by atoms with Crippen LogP contribution in [0.2, 0.25) is 0 Å². The van der Waals surface area contributed by atoms with Crippen LogP contribution in [0.15, 0.2) is 30.5 Å². The summed E-state index contributed by atoms with van der Waals surface area (Å²) < 4.78 is 0. The van der Waals surface area contributed by atoms with Gasteiger partial charge in [0.1, 0.15) is 0 Å². The van der Waals surface area contributed by atoms with Crippen molar-refractivity contribution in [3.05, 3.63) is 36.0 Å². The van der Waals surface area contributed by atoms with Gasteiger partial charge in [0.2, 0.25) is 5.91 Å². The summed E-state index contributed by atoms with van der Waals surface area (Å²) in [6, 6.07) is 8.74. The lowest BCUT2D eigenvalue weighted by Crippen LogP contribution is -2.34. The van der Waals surface area contributed by atoms with E-state index in [-0.39, 0.29) is 5.91 Å². The average molecular weight is 287 g/mol. The number of para-hydroxylation sites is 1. The van der Waals surface area contributed by atoms with Crippen molar-refractivity contribution in [1.29, 1.82) is 0 Å². The summed E-state index contributed by atoms with van der Waals surface area (Å²) in [5, 5.41) is 7.49. The fraction of sp³-hybridized carbons (Fsp3) is 0.471. The van der Waals surface area contributed by atoms with Crippen molar-refractivity contribution in [2.45, 2.75) is 39.2 Å². The molecule has 0 aliphatic heterocycles. The van der Waals surface area contributed by atoms with Crippen molar-refractivity contribution in [3.63, 3.8) is 0 Å². The molecule has 2 rings (SSSR count). The summed E-state index contributed by atoms with van der Waals surface area (Å²) in [4.78, 5) is 15.0. The molecule has 1 aromatic heterocycles. The molecule has 0 radical (unpaired) electrons. The topological polar surface area (TPSA) is 56.9 Å². The van der Waals surface area contributed by atoms with Crippen molar-refractivity contribution < 1.29 is 4.79 Å². The first kappa shape index (κ1) is 15.6. The van der Waals surface area contributed by atoms with Crippen LogP contribution in [-0.2, 0) is 11.2 Å². The summed E-state index contributed by atoms with van der Waals surface area (Å²) in [7, 11) is 0. The summed E-state index contributed by atoms with van der Waals surface area (Å²) >= 11 is 0. The third-order valence-corrected chi connectivity index (χ3v) is 3.52. The molecule has 0 aliphatic carbocycles. The molecule has 0 saturated carbocycles. The minimum atomic E-state index is 0.139. The van der Waals surface area contributed by atoms with Crippen LogP contribution in [-0.4, -0.2) is 30.0 Å². The molecule has 4 nitrogen and oxygen atoms in total. The number of carbonyl (C=O) groups excluding carboxylic acids is 1. The fourth-order valence-electron chi connectivity index (χ4n) is 2.43. The molecule has 0 bridgehead atoms. The first-order valence-corrected chi connectivity index (χ1v) is 7.72. The van der Waals surface area contributed by atoms with E-state index < -0.39 is 0 Å². The number of amides is 1. The van der Waals surface area contributed by atoms with Crippen LogP contribution in [0.4, 0.5) is 0 Å². The van der Waals surface area contributed by atoms with Gasteiger partial charge in [0.05, 0.1) is 0 Å². The van der Waals surface area contributed by atoms with Crippen LogP contribution < -0.4 is 10.6 Å². The van der Waals surface area contributed by atoms with E-state index in [0.29, 0.717) is 19.0 Å². The molecule has 0 saturated heterocycles. The van der Waals surface area contributed by atoms with Gasteiger partial charge in [0.15, 0.2) is 0 Å². The van der Waals surface area contributed by atoms with Crippen LogP contribution in [0.1, 0.15) is 32.3 Å². The summed E-state index contributed by atoms with van der Waals surface area (Å²) in [6.45, 7) is 5.72. The lowest BCUT2D eigenvalue weighted by molar-refractivity contribution is -0.121. The zero-order valence-corrected chi connectivity index (χ0v) is 12.9. The van der Waals surface area contributed by atoms with Gasteiger partial charge in [-0.05, 0) is 24.5 Å². The van der Waals surface area contributed by atoms with Crippen molar-refractivity contribution in [2.75, 3.05) is 13.1 Å². The number of nitrogens with one attached hydrogen (secondary N) is 3. The van der Waals surface area contributed by atoms with Crippen molar-refractivity contribution in [1.82, 2.24) is 15.6 Å². The number of benzene rings is 1. The predicted molar refractivity (Wildman–Crippen MR) is 87.4 cm³/mol. The molecule has 0 unspecified atom stereocenters. The van der Waals surface area contributed by atoms with E-state index in [2.05, 4.69) is 47.8 Å². The monoisotopic (exact) mass is 287 g/mol. The van der Waals surface area contributed by atoms with Crippen LogP contribution in [0.5, 0.6) is 0 Å². The number of fused-ring (bicyclic) bond motifs is 1. The second-order valence-electron chi connectivity index (χ2n) is 5.67. The average Bonchev–Trinajstić information content (AvgIpc) is 2.87. The largest absolute Gasteiger partial charge is 0.361 e. The molecule has 21 heavy (non-hydrogen) atoms. The van der Waals surface area contributed by atoms with E-state index in [9.17, 15) is 4.79 Å². The van der Waals surface area contributed by atoms with Gasteiger partial charge < -0.3 is 15.6 Å². The van der Waals surface area contributed by atoms with E-state index in [1.54, 1.807) is 0 Å². The number of hydrogen-bond donors (Lipinski definition) is 3. The minimum absolute atomic E-state index is 0.139. The Labute approximate surface area is 126 Å². The Balaban J connectivity index is 1.68. The number of aryl methyl sites for hydroxylation is 1. The number of carbonyl (C=O) groups is 1. The number of hydrogen-bond acceptors (Lipinski definition) is 2. The van der Waals surface area contributed by atoms with E-state index >= 15 is 0 Å². The van der Waals surface area contributed by atoms with Crippen LogP contribution in [0, 0.1) is 0 Å². The SMILES string of the molecule is CC(C)NCCNC(=O)CCCc1c[nH]c2ccccc12. The van der Waals surface area contributed by atoms with Crippen molar-refractivity contribution >= 4 is 16.8 Å². The highest BCUT2D eigenvalue weighted by Gasteiger charge is 2.05. The number of aromatic amines is 1. The normalized spacial score (nSPS) is 11.2. The molecule has 0 atom stereocenters. The van der Waals surface area contributed by atoms with E-state index in [4.69, 9.17) is 0 Å². The van der Waals surface area contributed by atoms with Crippen molar-refractivity contribution in [2.24, 2.45) is 0 Å². The van der Waals surface area contributed by atoms with Crippen LogP contribution >= 0.6 is 0 Å². The van der Waals surface area contributed by atoms with Gasteiger partial charge in [-0.2, -0.15) is 0 Å². The summed E-state index contributed by atoms with van der Waals surface area (Å²) in [5.74, 6) is 0.139. The highest BCUT2D eigenvalue weighted by atomic mass is 16.1. The maximum absolute atomic E-state index is 11.7. The van der Waals surface area contributed by atoms with Gasteiger partial charge in [-0.15, -0.1) is 0 Å². The molecule has 1 heterocycles. The molecule has 0 fully saturated rings. The van der Waals surface area contributed by atoms with Crippen LogP contribution in [0.3, 0.4) is 0 Å². The third-order valence-electron chi connectivity index (χ3n) is 3.52. The smallest absolute Gasteiger partial charge is 0.220 e. The Bertz CT molecular complexity index is 574. The maximum Gasteiger partial charge on any atom is 0.220 e. The van der Waals surface area contributed by atoms with Crippen molar-refractivity contribution in [3.8, 4) is 0 Å². The molecule has 3 N–H and O–H groups in total. The van der Waals surface area contributed by atoms with Gasteiger partial charge >= 0.3 is 0 Å². The molecule has 0 aliphatic rings. The minimum Gasteiger partial charge on any atom is -0.361 e. The molecule has 4 heteroatoms. The summed E-state index contributed by atoms with van der Waals surface area (Å²) in [5.41, 5.74) is 2.46. The van der Waals surface area contributed by atoms with Crippen LogP contribution in [0.25, 0.3) is 10.9 Å². The molecule has 114 valence electrons. The Kier molecular flexibility index (Phi) is 5.81. The number of aromatic nitrogens is 1. The molecular weight excluding hydrogens is 262 g/mol. The van der Waals surface area contributed by atoms with E-state index in [1.807, 2.05) is 12.1 Å². The Hall–Kier alpha value is -1.81. The predicted octanol–water partition coefficient (Wildman–Crippen LogP) is 2.60. The zero-order chi connectivity index (χ0) is 15.1. The standard InChI is InChI=1S/C17H25N3O/c1-13(2)18-10-11-19-17(21)9-5-6-14-12-20-16-8-4-3-7-15(14)16/h3-4,7-8,12-13,18,20H,5-6,9-11H2,1-2H3,(H,19,21). The quantitative estimate of drug-likeness (QED) is 0.654. The molecule has 0 spiro atoms. The second kappa shape index (κ2) is 7.84. The van der Waals surface area contributed by atoms with Gasteiger partial charge in [0, 0.05) is 42.7 Å². The first-order valence-electron chi connectivity index (χ1n) is 7.72. The number of H-pyrrole nitrogens is 1. The fourth-order valence-corrected chi connectivity index (χ4v) is 2.43. The second-order valence-corrected chi connectivity index (χ2v) is 5.67. The molecule has 1 amide bonds. The molecule has 2 aromatic rings. The first-order chi connectivity index (χ1) is 10.2. The van der Waals surface area contributed by atoms with Gasteiger partial charge in [-0.1, -0.05) is 32.0 Å².